The van der Waals surface area contributed by atoms with Crippen LogP contribution in [-0.4, -0.2) is 28.5 Å². The van der Waals surface area contributed by atoms with Crippen LogP contribution in [0.4, 0.5) is 5.69 Å². The number of thioether (sulfide) groups is 1. The molecule has 0 radical (unpaired) electrons. The van der Waals surface area contributed by atoms with Gasteiger partial charge in [0.15, 0.2) is 0 Å². The van der Waals surface area contributed by atoms with Gasteiger partial charge in [0, 0.05) is 11.3 Å². The standard InChI is InChI=1S/C21H21N3O2S/c1-3-26-17-10-8-16(9-11-17)19-12-13-21(24-23-19)27-14-20(25)22-18-7-5-4-6-15(18)2/h4-13H,3,14H2,1-2H3,(H,22,25). The Balaban J connectivity index is 1.56. The molecule has 0 saturated carbocycles. The number of amides is 1. The number of carbonyl (C=O) groups excluding carboxylic acids is 1. The zero-order chi connectivity index (χ0) is 19.1. The van der Waals surface area contributed by atoms with Gasteiger partial charge in [-0.2, -0.15) is 0 Å². The van der Waals surface area contributed by atoms with Gasteiger partial charge in [0.1, 0.15) is 10.8 Å². The number of rotatable bonds is 7. The molecule has 1 amide bonds. The second kappa shape index (κ2) is 9.19. The van der Waals surface area contributed by atoms with Crippen molar-refractivity contribution < 1.29 is 9.53 Å². The fourth-order valence-electron chi connectivity index (χ4n) is 2.48. The number of aromatic nitrogens is 2. The van der Waals surface area contributed by atoms with E-state index in [9.17, 15) is 4.79 Å². The predicted molar refractivity (Wildman–Crippen MR) is 109 cm³/mol. The normalized spacial score (nSPS) is 10.4. The van der Waals surface area contributed by atoms with Crippen LogP contribution in [0.25, 0.3) is 11.3 Å². The minimum atomic E-state index is -0.0633. The van der Waals surface area contributed by atoms with Crippen LogP contribution in [0.1, 0.15) is 12.5 Å². The first-order valence-corrected chi connectivity index (χ1v) is 9.69. The van der Waals surface area contributed by atoms with Crippen molar-refractivity contribution >= 4 is 23.4 Å². The van der Waals surface area contributed by atoms with Crippen LogP contribution in [0, 0.1) is 6.92 Å². The van der Waals surface area contributed by atoms with Crippen molar-refractivity contribution in [2.24, 2.45) is 0 Å². The van der Waals surface area contributed by atoms with Crippen molar-refractivity contribution in [1.82, 2.24) is 10.2 Å². The maximum atomic E-state index is 12.1. The van der Waals surface area contributed by atoms with Gasteiger partial charge in [0.2, 0.25) is 5.91 Å². The van der Waals surface area contributed by atoms with E-state index >= 15 is 0 Å². The number of aryl methyl sites for hydroxylation is 1. The number of anilines is 1. The van der Waals surface area contributed by atoms with E-state index in [2.05, 4.69) is 15.5 Å². The van der Waals surface area contributed by atoms with E-state index in [-0.39, 0.29) is 11.7 Å². The quantitative estimate of drug-likeness (QED) is 0.609. The Hall–Kier alpha value is -2.86. The summed E-state index contributed by atoms with van der Waals surface area (Å²) in [6.07, 6.45) is 0. The molecule has 5 nitrogen and oxygen atoms in total. The second-order valence-electron chi connectivity index (χ2n) is 5.87. The number of hydrogen-bond donors (Lipinski definition) is 1. The van der Waals surface area contributed by atoms with Gasteiger partial charge in [-0.3, -0.25) is 4.79 Å². The maximum absolute atomic E-state index is 12.1. The molecule has 2 aromatic carbocycles. The molecule has 6 heteroatoms. The average Bonchev–Trinajstić information content (AvgIpc) is 2.69. The van der Waals surface area contributed by atoms with Crippen molar-refractivity contribution in [3.8, 4) is 17.0 Å². The van der Waals surface area contributed by atoms with Gasteiger partial charge in [0.05, 0.1) is 18.1 Å². The number of para-hydroxylation sites is 1. The molecule has 1 heterocycles. The van der Waals surface area contributed by atoms with Crippen LogP contribution in [0.2, 0.25) is 0 Å². The Morgan fingerprint density at radius 1 is 1.04 bits per heavy atom. The van der Waals surface area contributed by atoms with Gasteiger partial charge in [-0.15, -0.1) is 10.2 Å². The van der Waals surface area contributed by atoms with Gasteiger partial charge in [0.25, 0.3) is 0 Å². The molecule has 27 heavy (non-hydrogen) atoms. The average molecular weight is 379 g/mol. The third-order valence-electron chi connectivity index (χ3n) is 3.87. The summed E-state index contributed by atoms with van der Waals surface area (Å²) in [5, 5.41) is 12.1. The molecule has 0 bridgehead atoms. The Bertz CT molecular complexity index is 896. The highest BCUT2D eigenvalue weighted by molar-refractivity contribution is 7.99. The first-order valence-electron chi connectivity index (χ1n) is 8.71. The molecular formula is C21H21N3O2S. The molecule has 1 N–H and O–H groups in total. The molecule has 3 rings (SSSR count). The van der Waals surface area contributed by atoms with E-state index in [1.165, 1.54) is 11.8 Å². The highest BCUT2D eigenvalue weighted by Gasteiger charge is 2.07. The van der Waals surface area contributed by atoms with E-state index in [0.29, 0.717) is 11.6 Å². The number of carbonyl (C=O) groups is 1. The van der Waals surface area contributed by atoms with Crippen LogP contribution in [-0.2, 0) is 4.79 Å². The molecule has 1 aromatic heterocycles. The van der Waals surface area contributed by atoms with Crippen LogP contribution in [0.5, 0.6) is 5.75 Å². The summed E-state index contributed by atoms with van der Waals surface area (Å²) in [5.74, 6) is 1.05. The smallest absolute Gasteiger partial charge is 0.234 e. The Labute approximate surface area is 163 Å². The van der Waals surface area contributed by atoms with Crippen LogP contribution in [0.3, 0.4) is 0 Å². The summed E-state index contributed by atoms with van der Waals surface area (Å²) >= 11 is 1.36. The fraction of sp³-hybridized carbons (Fsp3) is 0.190. The van der Waals surface area contributed by atoms with Crippen LogP contribution >= 0.6 is 11.8 Å². The van der Waals surface area contributed by atoms with Gasteiger partial charge >= 0.3 is 0 Å². The monoisotopic (exact) mass is 379 g/mol. The van der Waals surface area contributed by atoms with E-state index in [1.54, 1.807) is 0 Å². The lowest BCUT2D eigenvalue weighted by atomic mass is 10.1. The zero-order valence-electron chi connectivity index (χ0n) is 15.3. The van der Waals surface area contributed by atoms with E-state index in [1.807, 2.05) is 74.5 Å². The third-order valence-corrected chi connectivity index (χ3v) is 4.79. The summed E-state index contributed by atoms with van der Waals surface area (Å²) in [7, 11) is 0. The van der Waals surface area contributed by atoms with Crippen LogP contribution < -0.4 is 10.1 Å². The lowest BCUT2D eigenvalue weighted by Crippen LogP contribution is -2.14. The molecular weight excluding hydrogens is 358 g/mol. The van der Waals surface area contributed by atoms with Crippen molar-refractivity contribution in [2.45, 2.75) is 18.9 Å². The Kier molecular flexibility index (Phi) is 6.44. The molecule has 0 aliphatic heterocycles. The van der Waals surface area contributed by atoms with Crippen molar-refractivity contribution in [3.63, 3.8) is 0 Å². The van der Waals surface area contributed by atoms with Gasteiger partial charge in [-0.1, -0.05) is 30.0 Å². The first kappa shape index (κ1) is 18.9. The summed E-state index contributed by atoms with van der Waals surface area (Å²) < 4.78 is 5.44. The second-order valence-corrected chi connectivity index (χ2v) is 6.86. The van der Waals surface area contributed by atoms with E-state index in [4.69, 9.17) is 4.74 Å². The molecule has 0 saturated heterocycles. The molecule has 0 atom stereocenters. The van der Waals surface area contributed by atoms with Gasteiger partial charge in [-0.25, -0.2) is 0 Å². The van der Waals surface area contributed by atoms with E-state index < -0.39 is 0 Å². The highest BCUT2D eigenvalue weighted by atomic mass is 32.2. The van der Waals surface area contributed by atoms with Crippen molar-refractivity contribution in [3.05, 3.63) is 66.2 Å². The Morgan fingerprint density at radius 2 is 1.81 bits per heavy atom. The number of ether oxygens (including phenoxy) is 1. The Morgan fingerprint density at radius 3 is 2.48 bits per heavy atom. The van der Waals surface area contributed by atoms with E-state index in [0.717, 1.165) is 28.3 Å². The number of nitrogens with zero attached hydrogens (tertiary/aromatic N) is 2. The molecule has 0 unspecified atom stereocenters. The number of benzene rings is 2. The first-order chi connectivity index (χ1) is 13.2. The van der Waals surface area contributed by atoms with Gasteiger partial charge < -0.3 is 10.1 Å². The lowest BCUT2D eigenvalue weighted by Gasteiger charge is -2.08. The molecule has 0 aliphatic rings. The lowest BCUT2D eigenvalue weighted by molar-refractivity contribution is -0.113. The molecule has 0 fully saturated rings. The van der Waals surface area contributed by atoms with Crippen molar-refractivity contribution in [1.29, 1.82) is 0 Å². The fourth-order valence-corrected chi connectivity index (χ4v) is 3.09. The number of nitrogens with one attached hydrogen (secondary N) is 1. The summed E-state index contributed by atoms with van der Waals surface area (Å²) in [5.41, 5.74) is 3.63. The largest absolute Gasteiger partial charge is 0.494 e. The highest BCUT2D eigenvalue weighted by Crippen LogP contribution is 2.22. The topological polar surface area (TPSA) is 64.1 Å². The summed E-state index contributed by atoms with van der Waals surface area (Å²) in [6, 6.07) is 19.2. The molecule has 0 spiro atoms. The minimum absolute atomic E-state index is 0.0633. The zero-order valence-corrected chi connectivity index (χ0v) is 16.1. The molecule has 0 aliphatic carbocycles. The SMILES string of the molecule is CCOc1ccc(-c2ccc(SCC(=O)Nc3ccccc3C)nn2)cc1. The number of hydrogen-bond acceptors (Lipinski definition) is 5. The van der Waals surface area contributed by atoms with Crippen LogP contribution in [0.15, 0.2) is 65.7 Å². The molecule has 3 aromatic rings. The predicted octanol–water partition coefficient (Wildman–Crippen LogP) is 4.58. The molecule has 138 valence electrons. The third kappa shape index (κ3) is 5.31. The minimum Gasteiger partial charge on any atom is -0.494 e. The van der Waals surface area contributed by atoms with Gasteiger partial charge in [-0.05, 0) is 61.9 Å². The van der Waals surface area contributed by atoms with Crippen molar-refractivity contribution in [2.75, 3.05) is 17.7 Å². The maximum Gasteiger partial charge on any atom is 0.234 e. The summed E-state index contributed by atoms with van der Waals surface area (Å²) in [4.78, 5) is 12.1. The summed E-state index contributed by atoms with van der Waals surface area (Å²) in [6.45, 7) is 4.56.